The first-order valence-electron chi connectivity index (χ1n) is 7.20. The van der Waals surface area contributed by atoms with Crippen molar-refractivity contribution in [3.05, 3.63) is 35.4 Å². The van der Waals surface area contributed by atoms with Gasteiger partial charge in [0.1, 0.15) is 12.1 Å². The summed E-state index contributed by atoms with van der Waals surface area (Å²) in [5.41, 5.74) is 2.76. The second-order valence-corrected chi connectivity index (χ2v) is 5.29. The monoisotopic (exact) mass is 298 g/mol. The molecule has 7 nitrogen and oxygen atoms in total. The topological polar surface area (TPSA) is 80.8 Å². The molecule has 0 saturated carbocycles. The van der Waals surface area contributed by atoms with Gasteiger partial charge in [-0.15, -0.1) is 0 Å². The van der Waals surface area contributed by atoms with E-state index >= 15 is 0 Å². The summed E-state index contributed by atoms with van der Waals surface area (Å²) in [6.45, 7) is 6.50. The van der Waals surface area contributed by atoms with Gasteiger partial charge in [0.05, 0.1) is 11.9 Å². The van der Waals surface area contributed by atoms with Crippen molar-refractivity contribution < 1.29 is 4.52 Å². The summed E-state index contributed by atoms with van der Waals surface area (Å²) < 4.78 is 5.14. The van der Waals surface area contributed by atoms with Crippen LogP contribution in [-0.4, -0.2) is 32.1 Å². The SMILES string of the molecule is CCc1nc(CN(C)c2ncnc3nc(C)cc(C)c23)no1. The standard InChI is InChI=1S/C15H18N6O/c1-5-12-19-11(20-22-12)7-21(4)15-13-9(2)6-10(3)18-14(13)16-8-17-15/h6,8H,5,7H2,1-4H3. The molecule has 0 unspecified atom stereocenters. The fourth-order valence-electron chi connectivity index (χ4n) is 2.46. The molecule has 0 N–H and O–H groups in total. The molecule has 3 aromatic rings. The second-order valence-electron chi connectivity index (χ2n) is 5.29. The summed E-state index contributed by atoms with van der Waals surface area (Å²) in [5.74, 6) is 2.10. The van der Waals surface area contributed by atoms with Crippen LogP contribution in [0.2, 0.25) is 0 Å². The van der Waals surface area contributed by atoms with E-state index in [2.05, 4.69) is 25.1 Å². The van der Waals surface area contributed by atoms with E-state index in [0.717, 1.165) is 28.9 Å². The third-order valence-corrected chi connectivity index (χ3v) is 3.46. The molecule has 0 aliphatic carbocycles. The summed E-state index contributed by atoms with van der Waals surface area (Å²) in [7, 11) is 1.95. The molecule has 0 aliphatic rings. The van der Waals surface area contributed by atoms with Crippen LogP contribution >= 0.6 is 0 Å². The predicted octanol–water partition coefficient (Wildman–Crippen LogP) is 2.22. The Bertz CT molecular complexity index is 813. The lowest BCUT2D eigenvalue weighted by Gasteiger charge is -2.18. The summed E-state index contributed by atoms with van der Waals surface area (Å²) in [5, 5.41) is 4.94. The van der Waals surface area contributed by atoms with Crippen molar-refractivity contribution in [1.82, 2.24) is 25.1 Å². The molecular formula is C15H18N6O. The summed E-state index contributed by atoms with van der Waals surface area (Å²) in [4.78, 5) is 19.5. The van der Waals surface area contributed by atoms with Crippen molar-refractivity contribution in [1.29, 1.82) is 0 Å². The van der Waals surface area contributed by atoms with Gasteiger partial charge < -0.3 is 9.42 Å². The average molecular weight is 298 g/mol. The van der Waals surface area contributed by atoms with E-state index in [1.165, 1.54) is 6.33 Å². The molecule has 0 aromatic carbocycles. The Morgan fingerprint density at radius 1 is 1.18 bits per heavy atom. The molecule has 0 saturated heterocycles. The zero-order chi connectivity index (χ0) is 15.7. The lowest BCUT2D eigenvalue weighted by Crippen LogP contribution is -2.19. The maximum absolute atomic E-state index is 5.14. The van der Waals surface area contributed by atoms with E-state index in [9.17, 15) is 0 Å². The van der Waals surface area contributed by atoms with Crippen LogP contribution in [-0.2, 0) is 13.0 Å². The van der Waals surface area contributed by atoms with Gasteiger partial charge in [-0.3, -0.25) is 0 Å². The third-order valence-electron chi connectivity index (χ3n) is 3.46. The Morgan fingerprint density at radius 2 is 2.00 bits per heavy atom. The van der Waals surface area contributed by atoms with Gasteiger partial charge in [0.15, 0.2) is 11.5 Å². The Hall–Kier alpha value is -2.57. The molecule has 3 heterocycles. The zero-order valence-corrected chi connectivity index (χ0v) is 13.2. The zero-order valence-electron chi connectivity index (χ0n) is 13.2. The van der Waals surface area contributed by atoms with Crippen molar-refractivity contribution in [3.8, 4) is 0 Å². The third kappa shape index (κ3) is 2.61. The van der Waals surface area contributed by atoms with Crippen LogP contribution in [0, 0.1) is 13.8 Å². The number of fused-ring (bicyclic) bond motifs is 1. The Morgan fingerprint density at radius 3 is 2.73 bits per heavy atom. The molecule has 0 aliphatic heterocycles. The van der Waals surface area contributed by atoms with Gasteiger partial charge in [-0.05, 0) is 25.5 Å². The second kappa shape index (κ2) is 5.67. The van der Waals surface area contributed by atoms with E-state index < -0.39 is 0 Å². The number of nitrogens with zero attached hydrogens (tertiary/aromatic N) is 6. The van der Waals surface area contributed by atoms with Crippen LogP contribution in [0.1, 0.15) is 29.9 Å². The number of hydrogen-bond acceptors (Lipinski definition) is 7. The first-order valence-corrected chi connectivity index (χ1v) is 7.20. The fourth-order valence-corrected chi connectivity index (χ4v) is 2.46. The highest BCUT2D eigenvalue weighted by molar-refractivity contribution is 5.89. The fraction of sp³-hybridized carbons (Fsp3) is 0.400. The van der Waals surface area contributed by atoms with Gasteiger partial charge in [-0.25, -0.2) is 15.0 Å². The van der Waals surface area contributed by atoms with Crippen molar-refractivity contribution in [3.63, 3.8) is 0 Å². The molecule has 0 spiro atoms. The average Bonchev–Trinajstić information content (AvgIpc) is 2.93. The van der Waals surface area contributed by atoms with Crippen LogP contribution in [0.15, 0.2) is 16.9 Å². The Kier molecular flexibility index (Phi) is 3.70. The molecule has 0 amide bonds. The molecule has 114 valence electrons. The first-order chi connectivity index (χ1) is 10.6. The Balaban J connectivity index is 1.98. The maximum atomic E-state index is 5.14. The minimum Gasteiger partial charge on any atom is -0.351 e. The molecule has 0 fully saturated rings. The Labute approximate surface area is 128 Å². The van der Waals surface area contributed by atoms with Gasteiger partial charge in [0.25, 0.3) is 0 Å². The van der Waals surface area contributed by atoms with E-state index in [1.54, 1.807) is 0 Å². The highest BCUT2D eigenvalue weighted by Crippen LogP contribution is 2.25. The van der Waals surface area contributed by atoms with Crippen LogP contribution in [0.4, 0.5) is 5.82 Å². The summed E-state index contributed by atoms with van der Waals surface area (Å²) >= 11 is 0. The number of aryl methyl sites for hydroxylation is 3. The molecule has 0 bridgehead atoms. The molecule has 7 heteroatoms. The van der Waals surface area contributed by atoms with Crippen LogP contribution < -0.4 is 4.90 Å². The summed E-state index contributed by atoms with van der Waals surface area (Å²) in [6.07, 6.45) is 2.27. The lowest BCUT2D eigenvalue weighted by molar-refractivity contribution is 0.376. The van der Waals surface area contributed by atoms with Crippen molar-refractivity contribution in [2.24, 2.45) is 0 Å². The van der Waals surface area contributed by atoms with E-state index in [1.807, 2.05) is 38.8 Å². The minimum absolute atomic E-state index is 0.517. The number of rotatable bonds is 4. The predicted molar refractivity (Wildman–Crippen MR) is 82.6 cm³/mol. The van der Waals surface area contributed by atoms with E-state index in [0.29, 0.717) is 23.9 Å². The van der Waals surface area contributed by atoms with Crippen molar-refractivity contribution >= 4 is 16.9 Å². The number of hydrogen-bond donors (Lipinski definition) is 0. The van der Waals surface area contributed by atoms with Gasteiger partial charge in [0.2, 0.25) is 5.89 Å². The first kappa shape index (κ1) is 14.4. The molecule has 22 heavy (non-hydrogen) atoms. The van der Waals surface area contributed by atoms with Crippen LogP contribution in [0.5, 0.6) is 0 Å². The van der Waals surface area contributed by atoms with Crippen LogP contribution in [0.3, 0.4) is 0 Å². The van der Waals surface area contributed by atoms with E-state index in [-0.39, 0.29) is 0 Å². The number of anilines is 1. The smallest absolute Gasteiger partial charge is 0.226 e. The molecule has 0 atom stereocenters. The van der Waals surface area contributed by atoms with Crippen molar-refractivity contribution in [2.75, 3.05) is 11.9 Å². The molecular weight excluding hydrogens is 280 g/mol. The molecule has 3 rings (SSSR count). The minimum atomic E-state index is 0.517. The highest BCUT2D eigenvalue weighted by atomic mass is 16.5. The van der Waals surface area contributed by atoms with Gasteiger partial charge in [0, 0.05) is 19.2 Å². The van der Waals surface area contributed by atoms with Crippen molar-refractivity contribution in [2.45, 2.75) is 33.7 Å². The molecule has 3 aromatic heterocycles. The van der Waals surface area contributed by atoms with Crippen LogP contribution in [0.25, 0.3) is 11.0 Å². The molecule has 0 radical (unpaired) electrons. The largest absolute Gasteiger partial charge is 0.351 e. The highest BCUT2D eigenvalue weighted by Gasteiger charge is 2.15. The van der Waals surface area contributed by atoms with Gasteiger partial charge in [-0.1, -0.05) is 12.1 Å². The van der Waals surface area contributed by atoms with Gasteiger partial charge in [-0.2, -0.15) is 4.98 Å². The normalized spacial score (nSPS) is 11.1. The lowest BCUT2D eigenvalue weighted by atomic mass is 10.1. The number of aromatic nitrogens is 5. The van der Waals surface area contributed by atoms with E-state index in [4.69, 9.17) is 4.52 Å². The summed E-state index contributed by atoms with van der Waals surface area (Å²) in [6, 6.07) is 2.03. The maximum Gasteiger partial charge on any atom is 0.226 e. The number of pyridine rings is 1. The quantitative estimate of drug-likeness (QED) is 0.730. The van der Waals surface area contributed by atoms with Gasteiger partial charge >= 0.3 is 0 Å².